The molecule has 6 heteroatoms. The number of carbonyl (C=O) groups excluding carboxylic acids is 2. The SMILES string of the molecule is O=C(O)c1ccc(N2C(=O)[C@H]3CC(Cl)=CC[C@H]3C2=O)cc1. The maximum atomic E-state index is 12.4. The van der Waals surface area contributed by atoms with Crippen LogP contribution in [0, 0.1) is 11.8 Å². The van der Waals surface area contributed by atoms with Gasteiger partial charge in [0.2, 0.25) is 11.8 Å². The molecule has 0 saturated carbocycles. The van der Waals surface area contributed by atoms with Crippen LogP contribution >= 0.6 is 11.6 Å². The van der Waals surface area contributed by atoms with E-state index in [1.165, 1.54) is 24.3 Å². The Hall–Kier alpha value is -2.14. The minimum Gasteiger partial charge on any atom is -0.478 e. The van der Waals surface area contributed by atoms with Gasteiger partial charge >= 0.3 is 5.97 Å². The number of nitrogens with zero attached hydrogens (tertiary/aromatic N) is 1. The molecule has 1 aromatic carbocycles. The summed E-state index contributed by atoms with van der Waals surface area (Å²) in [5, 5.41) is 9.49. The van der Waals surface area contributed by atoms with E-state index in [1.807, 2.05) is 0 Å². The Balaban J connectivity index is 1.91. The molecule has 1 aliphatic heterocycles. The standard InChI is InChI=1S/C15H12ClNO4/c16-9-3-6-11-12(7-9)14(19)17(13(11)18)10-4-1-8(2-5-10)15(20)21/h1-5,11-12H,6-7H2,(H,20,21)/t11-,12+/m1/s1. The molecule has 1 saturated heterocycles. The average Bonchev–Trinajstić information content (AvgIpc) is 2.70. The van der Waals surface area contributed by atoms with Crippen molar-refractivity contribution in [2.75, 3.05) is 4.90 Å². The highest BCUT2D eigenvalue weighted by atomic mass is 35.5. The first-order chi connectivity index (χ1) is 9.99. The van der Waals surface area contributed by atoms with E-state index in [2.05, 4.69) is 0 Å². The fourth-order valence-corrected chi connectivity index (χ4v) is 3.09. The van der Waals surface area contributed by atoms with E-state index in [-0.39, 0.29) is 23.3 Å². The summed E-state index contributed by atoms with van der Waals surface area (Å²) in [5.41, 5.74) is 0.514. The van der Waals surface area contributed by atoms with Gasteiger partial charge in [0.15, 0.2) is 0 Å². The topological polar surface area (TPSA) is 74.7 Å². The van der Waals surface area contributed by atoms with Crippen molar-refractivity contribution in [3.05, 3.63) is 40.9 Å². The molecule has 108 valence electrons. The molecule has 21 heavy (non-hydrogen) atoms. The van der Waals surface area contributed by atoms with Crippen molar-refractivity contribution < 1.29 is 19.5 Å². The highest BCUT2D eigenvalue weighted by Gasteiger charge is 2.48. The molecular weight excluding hydrogens is 294 g/mol. The summed E-state index contributed by atoms with van der Waals surface area (Å²) in [6.45, 7) is 0. The van der Waals surface area contributed by atoms with Crippen LogP contribution in [0.4, 0.5) is 5.69 Å². The van der Waals surface area contributed by atoms with Gasteiger partial charge in [-0.2, -0.15) is 0 Å². The summed E-state index contributed by atoms with van der Waals surface area (Å²) < 4.78 is 0. The van der Waals surface area contributed by atoms with Gasteiger partial charge in [-0.15, -0.1) is 0 Å². The number of benzene rings is 1. The lowest BCUT2D eigenvalue weighted by Gasteiger charge is -2.17. The third kappa shape index (κ3) is 2.23. The number of aromatic carboxylic acids is 1. The Morgan fingerprint density at radius 3 is 2.38 bits per heavy atom. The van der Waals surface area contributed by atoms with Gasteiger partial charge in [0.1, 0.15) is 0 Å². The van der Waals surface area contributed by atoms with Crippen LogP contribution in [0.25, 0.3) is 0 Å². The second kappa shape index (κ2) is 5.00. The number of anilines is 1. The van der Waals surface area contributed by atoms with Gasteiger partial charge in [-0.25, -0.2) is 4.79 Å². The van der Waals surface area contributed by atoms with Gasteiger partial charge in [-0.05, 0) is 37.1 Å². The third-order valence-electron chi connectivity index (χ3n) is 3.94. The molecule has 1 N–H and O–H groups in total. The maximum Gasteiger partial charge on any atom is 0.335 e. The van der Waals surface area contributed by atoms with Gasteiger partial charge in [0.05, 0.1) is 23.1 Å². The van der Waals surface area contributed by atoms with E-state index < -0.39 is 11.9 Å². The van der Waals surface area contributed by atoms with Crippen molar-refractivity contribution in [3.63, 3.8) is 0 Å². The van der Waals surface area contributed by atoms with Gasteiger partial charge in [0, 0.05) is 5.03 Å². The van der Waals surface area contributed by atoms with Gasteiger partial charge in [-0.3, -0.25) is 14.5 Å². The lowest BCUT2D eigenvalue weighted by molar-refractivity contribution is -0.122. The largest absolute Gasteiger partial charge is 0.478 e. The number of amides is 2. The van der Waals surface area contributed by atoms with E-state index in [0.29, 0.717) is 23.6 Å². The number of hydrogen-bond donors (Lipinski definition) is 1. The second-order valence-electron chi connectivity index (χ2n) is 5.17. The van der Waals surface area contributed by atoms with Gasteiger partial charge in [-0.1, -0.05) is 17.7 Å². The molecule has 0 radical (unpaired) electrons. The molecule has 0 bridgehead atoms. The van der Waals surface area contributed by atoms with Crippen molar-refractivity contribution in [1.29, 1.82) is 0 Å². The Kier molecular flexibility index (Phi) is 3.29. The predicted octanol–water partition coefficient (Wildman–Crippen LogP) is 2.41. The Bertz CT molecular complexity index is 665. The number of hydrogen-bond acceptors (Lipinski definition) is 3. The van der Waals surface area contributed by atoms with E-state index in [1.54, 1.807) is 6.08 Å². The number of rotatable bonds is 2. The smallest absolute Gasteiger partial charge is 0.335 e. The number of carboxylic acids is 1. The van der Waals surface area contributed by atoms with Crippen LogP contribution in [0.15, 0.2) is 35.4 Å². The maximum absolute atomic E-state index is 12.4. The van der Waals surface area contributed by atoms with Crippen LogP contribution in [0.1, 0.15) is 23.2 Å². The first-order valence-electron chi connectivity index (χ1n) is 6.54. The van der Waals surface area contributed by atoms with E-state index in [0.717, 1.165) is 4.90 Å². The van der Waals surface area contributed by atoms with E-state index in [9.17, 15) is 14.4 Å². The molecule has 5 nitrogen and oxygen atoms in total. The van der Waals surface area contributed by atoms with Crippen molar-refractivity contribution in [2.24, 2.45) is 11.8 Å². The summed E-state index contributed by atoms with van der Waals surface area (Å²) in [6.07, 6.45) is 2.64. The van der Waals surface area contributed by atoms with Crippen molar-refractivity contribution >= 4 is 35.1 Å². The Morgan fingerprint density at radius 2 is 1.76 bits per heavy atom. The first kappa shape index (κ1) is 13.8. The zero-order chi connectivity index (χ0) is 15.1. The molecule has 1 aliphatic carbocycles. The molecule has 1 heterocycles. The normalized spacial score (nSPS) is 24.8. The van der Waals surface area contributed by atoms with Crippen LogP contribution in [-0.4, -0.2) is 22.9 Å². The van der Waals surface area contributed by atoms with E-state index >= 15 is 0 Å². The summed E-state index contributed by atoms with van der Waals surface area (Å²) in [4.78, 5) is 36.8. The van der Waals surface area contributed by atoms with Crippen LogP contribution < -0.4 is 4.90 Å². The van der Waals surface area contributed by atoms with Crippen LogP contribution in [0.3, 0.4) is 0 Å². The molecule has 0 unspecified atom stereocenters. The highest BCUT2D eigenvalue weighted by molar-refractivity contribution is 6.30. The highest BCUT2D eigenvalue weighted by Crippen LogP contribution is 2.40. The molecule has 0 aromatic heterocycles. The third-order valence-corrected chi connectivity index (χ3v) is 4.25. The number of halogens is 1. The second-order valence-corrected chi connectivity index (χ2v) is 5.65. The lowest BCUT2D eigenvalue weighted by Crippen LogP contribution is -2.30. The number of carbonyl (C=O) groups is 3. The molecule has 1 aromatic rings. The minimum absolute atomic E-state index is 0.111. The summed E-state index contributed by atoms with van der Waals surface area (Å²) in [5.74, 6) is -2.33. The summed E-state index contributed by atoms with van der Waals surface area (Å²) >= 11 is 5.96. The van der Waals surface area contributed by atoms with Crippen molar-refractivity contribution in [3.8, 4) is 0 Å². The van der Waals surface area contributed by atoms with Gasteiger partial charge < -0.3 is 5.11 Å². The minimum atomic E-state index is -1.05. The fourth-order valence-electron chi connectivity index (χ4n) is 2.83. The van der Waals surface area contributed by atoms with Crippen molar-refractivity contribution in [2.45, 2.75) is 12.8 Å². The summed E-state index contributed by atoms with van der Waals surface area (Å²) in [6, 6.07) is 5.72. The molecular formula is C15H12ClNO4. The molecule has 1 fully saturated rings. The average molecular weight is 306 g/mol. The zero-order valence-electron chi connectivity index (χ0n) is 11.0. The Labute approximate surface area is 125 Å². The van der Waals surface area contributed by atoms with Crippen LogP contribution in [-0.2, 0) is 9.59 Å². The lowest BCUT2D eigenvalue weighted by atomic mass is 9.85. The molecule has 2 atom stereocenters. The van der Waals surface area contributed by atoms with Crippen LogP contribution in [0.2, 0.25) is 0 Å². The first-order valence-corrected chi connectivity index (χ1v) is 6.92. The van der Waals surface area contributed by atoms with Crippen LogP contribution in [0.5, 0.6) is 0 Å². The number of carboxylic acid groups (broad SMARTS) is 1. The van der Waals surface area contributed by atoms with Crippen molar-refractivity contribution in [1.82, 2.24) is 0 Å². The number of fused-ring (bicyclic) bond motifs is 1. The number of imide groups is 1. The monoisotopic (exact) mass is 305 g/mol. The molecule has 2 aliphatic rings. The zero-order valence-corrected chi connectivity index (χ0v) is 11.7. The predicted molar refractivity (Wildman–Crippen MR) is 76.0 cm³/mol. The number of allylic oxidation sites excluding steroid dienone is 2. The quantitative estimate of drug-likeness (QED) is 0.851. The Morgan fingerprint density at radius 1 is 1.14 bits per heavy atom. The molecule has 2 amide bonds. The van der Waals surface area contributed by atoms with Gasteiger partial charge in [0.25, 0.3) is 0 Å². The van der Waals surface area contributed by atoms with E-state index in [4.69, 9.17) is 16.7 Å². The molecule has 0 spiro atoms. The summed E-state index contributed by atoms with van der Waals surface area (Å²) in [7, 11) is 0. The fraction of sp³-hybridized carbons (Fsp3) is 0.267. The molecule has 3 rings (SSSR count).